The monoisotopic (exact) mass is 202 g/mol. The largest absolute Gasteiger partial charge is 0.330 e. The van der Waals surface area contributed by atoms with Crippen LogP contribution in [0.5, 0.6) is 0 Å². The minimum absolute atomic E-state index is 0.627. The molecule has 0 saturated carbocycles. The van der Waals surface area contributed by atoms with Gasteiger partial charge in [0.25, 0.3) is 0 Å². The standard InChI is InChI=1S/C11H14N4/c12-7-6-11-8-13-14-15(11)9-10-4-2-1-3-5-10/h1-5,8H,6-7,9,12H2. The van der Waals surface area contributed by atoms with Crippen molar-refractivity contribution < 1.29 is 0 Å². The first kappa shape index (κ1) is 9.86. The highest BCUT2D eigenvalue weighted by Gasteiger charge is 2.02. The Morgan fingerprint density at radius 2 is 2.00 bits per heavy atom. The number of rotatable bonds is 4. The van der Waals surface area contributed by atoms with Gasteiger partial charge >= 0.3 is 0 Å². The van der Waals surface area contributed by atoms with Crippen molar-refractivity contribution in [2.75, 3.05) is 6.54 Å². The molecule has 4 heteroatoms. The fraction of sp³-hybridized carbons (Fsp3) is 0.273. The summed E-state index contributed by atoms with van der Waals surface area (Å²) in [5, 5.41) is 7.94. The van der Waals surface area contributed by atoms with Crippen molar-refractivity contribution in [3.63, 3.8) is 0 Å². The average molecular weight is 202 g/mol. The van der Waals surface area contributed by atoms with Crippen molar-refractivity contribution in [1.82, 2.24) is 15.0 Å². The molecule has 0 unspecified atom stereocenters. The first-order valence-electron chi connectivity index (χ1n) is 5.01. The van der Waals surface area contributed by atoms with Crippen LogP contribution < -0.4 is 5.73 Å². The molecule has 0 aliphatic carbocycles. The van der Waals surface area contributed by atoms with Crippen molar-refractivity contribution in [2.24, 2.45) is 5.73 Å². The van der Waals surface area contributed by atoms with Crippen LogP contribution >= 0.6 is 0 Å². The van der Waals surface area contributed by atoms with Gasteiger partial charge in [0.15, 0.2) is 0 Å². The van der Waals surface area contributed by atoms with E-state index in [0.717, 1.165) is 18.7 Å². The van der Waals surface area contributed by atoms with Gasteiger partial charge in [0.1, 0.15) is 0 Å². The Bertz CT molecular complexity index is 408. The molecule has 1 heterocycles. The third kappa shape index (κ3) is 2.41. The summed E-state index contributed by atoms with van der Waals surface area (Å²) in [5.41, 5.74) is 7.82. The minimum Gasteiger partial charge on any atom is -0.330 e. The van der Waals surface area contributed by atoms with Gasteiger partial charge in [0.2, 0.25) is 0 Å². The lowest BCUT2D eigenvalue weighted by molar-refractivity contribution is 0.617. The predicted molar refractivity (Wildman–Crippen MR) is 58.3 cm³/mol. The van der Waals surface area contributed by atoms with Crippen molar-refractivity contribution >= 4 is 0 Å². The fourth-order valence-electron chi connectivity index (χ4n) is 1.51. The fourth-order valence-corrected chi connectivity index (χ4v) is 1.51. The third-order valence-electron chi connectivity index (χ3n) is 2.27. The number of hydrogen-bond donors (Lipinski definition) is 1. The van der Waals surface area contributed by atoms with Gasteiger partial charge in [-0.2, -0.15) is 0 Å². The Balaban J connectivity index is 2.14. The topological polar surface area (TPSA) is 56.7 Å². The second-order valence-corrected chi connectivity index (χ2v) is 3.41. The molecule has 78 valence electrons. The molecule has 4 nitrogen and oxygen atoms in total. The number of benzene rings is 1. The van der Waals surface area contributed by atoms with Crippen LogP contribution in [0.4, 0.5) is 0 Å². The summed E-state index contributed by atoms with van der Waals surface area (Å²) in [7, 11) is 0. The van der Waals surface area contributed by atoms with Crippen LogP contribution in [0.3, 0.4) is 0 Å². The molecule has 0 radical (unpaired) electrons. The van der Waals surface area contributed by atoms with Crippen molar-refractivity contribution in [3.8, 4) is 0 Å². The molecule has 0 atom stereocenters. The summed E-state index contributed by atoms with van der Waals surface area (Å²) in [6.45, 7) is 1.39. The smallest absolute Gasteiger partial charge is 0.0725 e. The summed E-state index contributed by atoms with van der Waals surface area (Å²) >= 11 is 0. The van der Waals surface area contributed by atoms with Crippen molar-refractivity contribution in [3.05, 3.63) is 47.8 Å². The van der Waals surface area contributed by atoms with Gasteiger partial charge in [-0.15, -0.1) is 5.10 Å². The van der Waals surface area contributed by atoms with Crippen molar-refractivity contribution in [2.45, 2.75) is 13.0 Å². The Kier molecular flexibility index (Phi) is 3.09. The van der Waals surface area contributed by atoms with E-state index >= 15 is 0 Å². The molecule has 0 saturated heterocycles. The Morgan fingerprint density at radius 3 is 2.73 bits per heavy atom. The molecule has 0 bridgehead atoms. The maximum Gasteiger partial charge on any atom is 0.0725 e. The third-order valence-corrected chi connectivity index (χ3v) is 2.27. The molecule has 0 fully saturated rings. The van der Waals surface area contributed by atoms with E-state index in [2.05, 4.69) is 22.4 Å². The first-order valence-corrected chi connectivity index (χ1v) is 5.01. The van der Waals surface area contributed by atoms with E-state index in [1.54, 1.807) is 6.20 Å². The quantitative estimate of drug-likeness (QED) is 0.798. The van der Waals surface area contributed by atoms with Gasteiger partial charge in [-0.1, -0.05) is 35.5 Å². The molecular formula is C11H14N4. The van der Waals surface area contributed by atoms with Crippen LogP contribution in [0.25, 0.3) is 0 Å². The minimum atomic E-state index is 0.627. The second-order valence-electron chi connectivity index (χ2n) is 3.41. The van der Waals surface area contributed by atoms with Crippen LogP contribution in [-0.4, -0.2) is 21.5 Å². The van der Waals surface area contributed by atoms with Crippen molar-refractivity contribution in [1.29, 1.82) is 0 Å². The number of hydrogen-bond acceptors (Lipinski definition) is 3. The van der Waals surface area contributed by atoms with Crippen LogP contribution in [0.15, 0.2) is 36.5 Å². The molecule has 0 amide bonds. The maximum absolute atomic E-state index is 5.51. The molecule has 2 N–H and O–H groups in total. The summed E-state index contributed by atoms with van der Waals surface area (Å²) in [6.07, 6.45) is 2.59. The summed E-state index contributed by atoms with van der Waals surface area (Å²) in [6, 6.07) is 10.2. The highest BCUT2D eigenvalue weighted by Crippen LogP contribution is 2.04. The van der Waals surface area contributed by atoms with E-state index in [1.165, 1.54) is 5.56 Å². The lowest BCUT2D eigenvalue weighted by Crippen LogP contribution is -2.11. The number of nitrogens with zero attached hydrogens (tertiary/aromatic N) is 3. The summed E-state index contributed by atoms with van der Waals surface area (Å²) in [5.74, 6) is 0. The van der Waals surface area contributed by atoms with Gasteiger partial charge < -0.3 is 5.73 Å². The maximum atomic E-state index is 5.51. The van der Waals surface area contributed by atoms with Crippen LogP contribution in [0.1, 0.15) is 11.3 Å². The molecular weight excluding hydrogens is 188 g/mol. The normalized spacial score (nSPS) is 10.5. The second kappa shape index (κ2) is 4.70. The van der Waals surface area contributed by atoms with Crippen LogP contribution in [0.2, 0.25) is 0 Å². The molecule has 15 heavy (non-hydrogen) atoms. The molecule has 2 aromatic rings. The van der Waals surface area contributed by atoms with E-state index < -0.39 is 0 Å². The van der Waals surface area contributed by atoms with Gasteiger partial charge in [-0.05, 0) is 12.1 Å². The highest BCUT2D eigenvalue weighted by atomic mass is 15.4. The average Bonchev–Trinajstić information content (AvgIpc) is 2.68. The lowest BCUT2D eigenvalue weighted by atomic mass is 10.2. The van der Waals surface area contributed by atoms with Gasteiger partial charge in [0.05, 0.1) is 18.4 Å². The van der Waals surface area contributed by atoms with Gasteiger partial charge in [-0.3, -0.25) is 0 Å². The van der Waals surface area contributed by atoms with Gasteiger partial charge in [-0.25, -0.2) is 4.68 Å². The van der Waals surface area contributed by atoms with E-state index in [1.807, 2.05) is 22.9 Å². The Labute approximate surface area is 88.7 Å². The van der Waals surface area contributed by atoms with Crippen LogP contribution in [-0.2, 0) is 13.0 Å². The Hall–Kier alpha value is -1.68. The Morgan fingerprint density at radius 1 is 1.20 bits per heavy atom. The first-order chi connectivity index (χ1) is 7.40. The number of aromatic nitrogens is 3. The van der Waals surface area contributed by atoms with E-state index in [9.17, 15) is 0 Å². The molecule has 0 aliphatic rings. The lowest BCUT2D eigenvalue weighted by Gasteiger charge is -2.04. The zero-order valence-electron chi connectivity index (χ0n) is 8.50. The summed E-state index contributed by atoms with van der Waals surface area (Å²) < 4.78 is 1.89. The molecule has 2 rings (SSSR count). The number of nitrogens with two attached hydrogens (primary N) is 1. The van der Waals surface area contributed by atoms with E-state index in [4.69, 9.17) is 5.73 Å². The summed E-state index contributed by atoms with van der Waals surface area (Å²) in [4.78, 5) is 0. The molecule has 0 spiro atoms. The van der Waals surface area contributed by atoms with E-state index in [0.29, 0.717) is 6.54 Å². The highest BCUT2D eigenvalue weighted by molar-refractivity contribution is 5.15. The van der Waals surface area contributed by atoms with Crippen LogP contribution in [0, 0.1) is 0 Å². The zero-order valence-corrected chi connectivity index (χ0v) is 8.50. The predicted octanol–water partition coefficient (Wildman–Crippen LogP) is 0.828. The molecule has 0 aliphatic heterocycles. The SMILES string of the molecule is NCCc1cnnn1Cc1ccccc1. The van der Waals surface area contributed by atoms with Gasteiger partial charge in [0, 0.05) is 6.42 Å². The zero-order chi connectivity index (χ0) is 10.5. The molecule has 1 aromatic heterocycles. The molecule has 1 aromatic carbocycles. The van der Waals surface area contributed by atoms with E-state index in [-0.39, 0.29) is 0 Å².